The van der Waals surface area contributed by atoms with Crippen molar-refractivity contribution in [2.45, 2.75) is 19.1 Å². The van der Waals surface area contributed by atoms with Gasteiger partial charge in [0, 0.05) is 32.7 Å². The highest BCUT2D eigenvalue weighted by molar-refractivity contribution is 5.33. The lowest BCUT2D eigenvalue weighted by Gasteiger charge is -2.39. The summed E-state index contributed by atoms with van der Waals surface area (Å²) in [5.41, 5.74) is 3.62. The Morgan fingerprint density at radius 2 is 1.33 bits per heavy atom. The van der Waals surface area contributed by atoms with Gasteiger partial charge in [0.25, 0.3) is 0 Å². The smallest absolute Gasteiger partial charge is 0.173 e. The number of hydrogen-bond acceptors (Lipinski definition) is 7. The molecular weight excluding hydrogens is 452 g/mol. The van der Waals surface area contributed by atoms with Crippen LogP contribution in [-0.2, 0) is 13.1 Å². The molecule has 8 nitrogen and oxygen atoms in total. The number of hydrogen-bond donors (Lipinski definition) is 0. The van der Waals surface area contributed by atoms with Crippen molar-refractivity contribution < 1.29 is 9.47 Å². The minimum absolute atomic E-state index is 0.0528. The molecule has 0 amide bonds. The molecule has 0 saturated carbocycles. The second kappa shape index (κ2) is 11.3. The van der Waals surface area contributed by atoms with Crippen LogP contribution in [0.3, 0.4) is 0 Å². The highest BCUT2D eigenvalue weighted by Gasteiger charge is 2.30. The quantitative estimate of drug-likeness (QED) is 0.359. The van der Waals surface area contributed by atoms with Gasteiger partial charge in [-0.2, -0.15) is 0 Å². The summed E-state index contributed by atoms with van der Waals surface area (Å²) in [5.74, 6) is 2.51. The summed E-state index contributed by atoms with van der Waals surface area (Å²) in [6.45, 7) is 5.39. The summed E-state index contributed by atoms with van der Waals surface area (Å²) in [5, 5.41) is 13.0. The van der Waals surface area contributed by atoms with Crippen LogP contribution in [-0.4, -0.2) is 70.4 Å². The van der Waals surface area contributed by atoms with Gasteiger partial charge in [-0.05, 0) is 51.4 Å². The van der Waals surface area contributed by atoms with E-state index in [0.29, 0.717) is 6.54 Å². The van der Waals surface area contributed by atoms with Crippen molar-refractivity contribution in [3.63, 3.8) is 0 Å². The molecule has 8 heteroatoms. The molecule has 1 aromatic heterocycles. The van der Waals surface area contributed by atoms with E-state index in [9.17, 15) is 0 Å². The standard InChI is InChI=1S/C28H32N6O2/c1-35-25-12-8-23(9-13-25)21-34-28(29-30-31-34)27(24-10-14-26(36-2)15-11-24)33-18-16-32(17-19-33)20-22-6-4-3-5-7-22/h3-15,27H,16-21H2,1-2H3/t27-/m1/s1. The van der Waals surface area contributed by atoms with Crippen LogP contribution >= 0.6 is 0 Å². The van der Waals surface area contributed by atoms with Gasteiger partial charge in [-0.3, -0.25) is 9.80 Å². The summed E-state index contributed by atoms with van der Waals surface area (Å²) in [6, 6.07) is 26.9. The fraction of sp³-hybridized carbons (Fsp3) is 0.321. The second-order valence-corrected chi connectivity index (χ2v) is 9.02. The Labute approximate surface area is 212 Å². The van der Waals surface area contributed by atoms with Crippen LogP contribution in [0.1, 0.15) is 28.6 Å². The molecule has 0 radical (unpaired) electrons. The number of nitrogens with zero attached hydrogens (tertiary/aromatic N) is 6. The molecule has 5 rings (SSSR count). The fourth-order valence-corrected chi connectivity index (χ4v) is 4.75. The molecule has 4 aromatic rings. The van der Waals surface area contributed by atoms with E-state index in [4.69, 9.17) is 9.47 Å². The number of aromatic nitrogens is 4. The second-order valence-electron chi connectivity index (χ2n) is 9.02. The first-order valence-electron chi connectivity index (χ1n) is 12.3. The molecule has 2 heterocycles. The zero-order chi connectivity index (χ0) is 24.7. The van der Waals surface area contributed by atoms with Crippen molar-refractivity contribution in [2.75, 3.05) is 40.4 Å². The van der Waals surface area contributed by atoms with E-state index in [1.54, 1.807) is 14.2 Å². The molecule has 1 fully saturated rings. The van der Waals surface area contributed by atoms with Crippen molar-refractivity contribution in [3.8, 4) is 11.5 Å². The maximum absolute atomic E-state index is 5.40. The Hall–Kier alpha value is -3.75. The highest BCUT2D eigenvalue weighted by atomic mass is 16.5. The first-order chi connectivity index (χ1) is 17.7. The van der Waals surface area contributed by atoms with Crippen LogP contribution < -0.4 is 9.47 Å². The third-order valence-corrected chi connectivity index (χ3v) is 6.75. The monoisotopic (exact) mass is 484 g/mol. The molecule has 3 aromatic carbocycles. The molecule has 0 spiro atoms. The summed E-state index contributed by atoms with van der Waals surface area (Å²) < 4.78 is 12.6. The Bertz CT molecular complexity index is 1220. The molecule has 1 saturated heterocycles. The average Bonchev–Trinajstić information content (AvgIpc) is 3.38. The number of benzene rings is 3. The van der Waals surface area contributed by atoms with Gasteiger partial charge in [0.15, 0.2) is 5.82 Å². The SMILES string of the molecule is COc1ccc(Cn2nnnc2[C@@H](c2ccc(OC)cc2)N2CCN(Cc3ccccc3)CC2)cc1. The van der Waals surface area contributed by atoms with E-state index < -0.39 is 0 Å². The van der Waals surface area contributed by atoms with Gasteiger partial charge >= 0.3 is 0 Å². The summed E-state index contributed by atoms with van der Waals surface area (Å²) in [6.07, 6.45) is 0. The van der Waals surface area contributed by atoms with E-state index in [0.717, 1.165) is 61.2 Å². The van der Waals surface area contributed by atoms with Crippen LogP contribution in [0.2, 0.25) is 0 Å². The highest BCUT2D eigenvalue weighted by Crippen LogP contribution is 2.30. The van der Waals surface area contributed by atoms with Crippen molar-refractivity contribution in [2.24, 2.45) is 0 Å². The van der Waals surface area contributed by atoms with E-state index >= 15 is 0 Å². The molecule has 0 unspecified atom stereocenters. The lowest BCUT2D eigenvalue weighted by atomic mass is 10.0. The van der Waals surface area contributed by atoms with Gasteiger partial charge in [0.1, 0.15) is 11.5 Å². The zero-order valence-corrected chi connectivity index (χ0v) is 20.8. The average molecular weight is 485 g/mol. The van der Waals surface area contributed by atoms with E-state index in [1.165, 1.54) is 5.56 Å². The van der Waals surface area contributed by atoms with Gasteiger partial charge in [-0.15, -0.1) is 5.10 Å². The van der Waals surface area contributed by atoms with Crippen LogP contribution in [0.25, 0.3) is 0 Å². The van der Waals surface area contributed by atoms with Crippen LogP contribution in [0.15, 0.2) is 78.9 Å². The van der Waals surface area contributed by atoms with Gasteiger partial charge < -0.3 is 9.47 Å². The van der Waals surface area contributed by atoms with Gasteiger partial charge in [0.05, 0.1) is 26.8 Å². The van der Waals surface area contributed by atoms with Crippen molar-refractivity contribution in [3.05, 3.63) is 101 Å². The molecule has 0 bridgehead atoms. The number of rotatable bonds is 9. The predicted molar refractivity (Wildman–Crippen MR) is 138 cm³/mol. The molecule has 1 aliphatic heterocycles. The third kappa shape index (κ3) is 5.56. The molecule has 0 aliphatic carbocycles. The van der Waals surface area contributed by atoms with Gasteiger partial charge in [0.2, 0.25) is 0 Å². The van der Waals surface area contributed by atoms with E-state index in [-0.39, 0.29) is 6.04 Å². The van der Waals surface area contributed by atoms with Gasteiger partial charge in [-0.1, -0.05) is 54.6 Å². The molecule has 36 heavy (non-hydrogen) atoms. The van der Waals surface area contributed by atoms with Crippen molar-refractivity contribution in [1.29, 1.82) is 0 Å². The topological polar surface area (TPSA) is 68.5 Å². The minimum atomic E-state index is -0.0528. The predicted octanol–water partition coefficient (Wildman–Crippen LogP) is 3.65. The summed E-state index contributed by atoms with van der Waals surface area (Å²) >= 11 is 0. The molecule has 0 N–H and O–H groups in total. The Morgan fingerprint density at radius 1 is 0.722 bits per heavy atom. The molecule has 1 atom stereocenters. The van der Waals surface area contributed by atoms with E-state index in [1.807, 2.05) is 28.9 Å². The maximum Gasteiger partial charge on any atom is 0.173 e. The normalized spacial score (nSPS) is 15.5. The Morgan fingerprint density at radius 3 is 1.97 bits per heavy atom. The summed E-state index contributed by atoms with van der Waals surface area (Å²) in [4.78, 5) is 5.00. The number of tetrazole rings is 1. The third-order valence-electron chi connectivity index (χ3n) is 6.75. The largest absolute Gasteiger partial charge is 0.497 e. The van der Waals surface area contributed by atoms with Gasteiger partial charge in [-0.25, -0.2) is 4.68 Å². The Kier molecular flexibility index (Phi) is 7.54. The van der Waals surface area contributed by atoms with E-state index in [2.05, 4.69) is 79.9 Å². The summed E-state index contributed by atoms with van der Waals surface area (Å²) in [7, 11) is 3.36. The molecule has 186 valence electrons. The van der Waals surface area contributed by atoms with Crippen LogP contribution in [0.5, 0.6) is 11.5 Å². The first kappa shape index (κ1) is 24.0. The molecule has 1 aliphatic rings. The van der Waals surface area contributed by atoms with Crippen molar-refractivity contribution >= 4 is 0 Å². The number of methoxy groups -OCH3 is 2. The minimum Gasteiger partial charge on any atom is -0.497 e. The maximum atomic E-state index is 5.40. The molecular formula is C28H32N6O2. The number of ether oxygens (including phenoxy) is 2. The zero-order valence-electron chi connectivity index (χ0n) is 20.8. The van der Waals surface area contributed by atoms with Crippen LogP contribution in [0, 0.1) is 0 Å². The van der Waals surface area contributed by atoms with Crippen molar-refractivity contribution in [1.82, 2.24) is 30.0 Å². The lowest BCUT2D eigenvalue weighted by Crippen LogP contribution is -2.48. The van der Waals surface area contributed by atoms with Crippen LogP contribution in [0.4, 0.5) is 0 Å². The number of piperazine rings is 1. The Balaban J connectivity index is 1.38. The fourth-order valence-electron chi connectivity index (χ4n) is 4.75. The first-order valence-corrected chi connectivity index (χ1v) is 12.3. The lowest BCUT2D eigenvalue weighted by molar-refractivity contribution is 0.100.